The number of carbonyl (C=O) groups is 1. The van der Waals surface area contributed by atoms with E-state index in [1.165, 1.54) is 24.3 Å². The predicted octanol–water partition coefficient (Wildman–Crippen LogP) is 3.65. The minimum Gasteiger partial charge on any atom is -0.298 e. The molecule has 1 saturated carbocycles. The third-order valence-corrected chi connectivity index (χ3v) is 4.82. The fourth-order valence-electron chi connectivity index (χ4n) is 3.73. The molecule has 2 aromatic rings. The first-order valence-corrected chi connectivity index (χ1v) is 7.62. The van der Waals surface area contributed by atoms with Crippen molar-refractivity contribution in [2.24, 2.45) is 0 Å². The van der Waals surface area contributed by atoms with Crippen LogP contribution in [-0.2, 0) is 10.2 Å². The number of Topliss-reactive ketones (excluding diaryl/α,β-unsaturated/α-hetero) is 1. The molecule has 4 nitrogen and oxygen atoms in total. The number of nitrogens with zero attached hydrogens (tertiary/aromatic N) is 1. The van der Waals surface area contributed by atoms with Crippen LogP contribution in [0.25, 0.3) is 0 Å². The lowest BCUT2D eigenvalue weighted by molar-refractivity contribution is -0.530. The highest BCUT2D eigenvalue weighted by molar-refractivity contribution is 5.96. The van der Waals surface area contributed by atoms with Crippen molar-refractivity contribution < 1.29 is 14.1 Å². The second-order valence-electron chi connectivity index (χ2n) is 5.92. The average Bonchev–Trinajstić information content (AvgIpc) is 2.89. The number of hydrogen-bond donors (Lipinski definition) is 0. The van der Waals surface area contributed by atoms with Gasteiger partial charge >= 0.3 is 0 Å². The average molecular weight is 325 g/mol. The Kier molecular flexibility index (Phi) is 4.01. The number of halogens is 1. The van der Waals surface area contributed by atoms with Crippen molar-refractivity contribution in [1.29, 1.82) is 0 Å². The van der Waals surface area contributed by atoms with Crippen molar-refractivity contribution in [2.75, 3.05) is 0 Å². The number of carbonyl (C=O) groups excluding carboxylic acids is 1. The second kappa shape index (κ2) is 6.00. The highest BCUT2D eigenvalue weighted by Crippen LogP contribution is 2.48. The van der Waals surface area contributed by atoms with Crippen molar-refractivity contribution in [2.45, 2.75) is 23.8 Å². The summed E-state index contributed by atoms with van der Waals surface area (Å²) in [7, 11) is 0. The minimum atomic E-state index is -1.45. The van der Waals surface area contributed by atoms with Crippen LogP contribution in [-0.4, -0.2) is 16.7 Å². The minimum absolute atomic E-state index is 0.0898. The summed E-state index contributed by atoms with van der Waals surface area (Å²) in [4.78, 5) is 24.2. The Balaban J connectivity index is 2.20. The summed E-state index contributed by atoms with van der Waals surface area (Å²) < 4.78 is 14.2. The van der Waals surface area contributed by atoms with Gasteiger partial charge in [-0.2, -0.15) is 0 Å². The van der Waals surface area contributed by atoms with Crippen LogP contribution >= 0.6 is 0 Å². The Labute approximate surface area is 138 Å². The molecule has 0 bridgehead atoms. The predicted molar refractivity (Wildman–Crippen MR) is 87.9 cm³/mol. The van der Waals surface area contributed by atoms with Crippen LogP contribution in [0.2, 0.25) is 0 Å². The number of benzene rings is 2. The Morgan fingerprint density at radius 2 is 1.79 bits per heavy atom. The lowest BCUT2D eigenvalue weighted by Crippen LogP contribution is -2.45. The van der Waals surface area contributed by atoms with Gasteiger partial charge in [0.05, 0.1) is 5.92 Å². The lowest BCUT2D eigenvalue weighted by Gasteiger charge is -2.27. The molecule has 0 unspecified atom stereocenters. The highest BCUT2D eigenvalue weighted by Gasteiger charge is 2.62. The van der Waals surface area contributed by atoms with Gasteiger partial charge in [-0.25, -0.2) is 4.39 Å². The molecule has 2 aromatic carbocycles. The van der Waals surface area contributed by atoms with E-state index in [4.69, 9.17) is 0 Å². The normalized spacial score (nSPS) is 26.3. The molecule has 0 aliphatic heterocycles. The summed E-state index contributed by atoms with van der Waals surface area (Å²) in [5.41, 5.74) is -0.727. The van der Waals surface area contributed by atoms with Crippen LogP contribution in [0, 0.1) is 15.9 Å². The van der Waals surface area contributed by atoms with E-state index in [2.05, 4.69) is 6.58 Å². The quantitative estimate of drug-likeness (QED) is 0.490. The molecule has 0 amide bonds. The van der Waals surface area contributed by atoms with Gasteiger partial charge in [0.15, 0.2) is 5.78 Å². The fourth-order valence-corrected chi connectivity index (χ4v) is 3.73. The number of ketones is 1. The molecule has 0 heterocycles. The van der Waals surface area contributed by atoms with Gasteiger partial charge in [-0.1, -0.05) is 54.6 Å². The van der Waals surface area contributed by atoms with E-state index < -0.39 is 28.1 Å². The lowest BCUT2D eigenvalue weighted by atomic mass is 9.73. The summed E-state index contributed by atoms with van der Waals surface area (Å²) in [5, 5.41) is 11.9. The molecular formula is C19H16FNO3. The highest BCUT2D eigenvalue weighted by atomic mass is 19.1. The van der Waals surface area contributed by atoms with Crippen LogP contribution in [0.5, 0.6) is 0 Å². The van der Waals surface area contributed by atoms with E-state index in [1.54, 1.807) is 36.4 Å². The molecular weight excluding hydrogens is 309 g/mol. The molecule has 1 aliphatic rings. The maximum atomic E-state index is 14.2. The fraction of sp³-hybridized carbons (Fsp3) is 0.211. The first-order chi connectivity index (χ1) is 11.5. The molecule has 3 atom stereocenters. The molecule has 5 heteroatoms. The third kappa shape index (κ3) is 2.24. The van der Waals surface area contributed by atoms with Crippen molar-refractivity contribution in [1.82, 2.24) is 0 Å². The Morgan fingerprint density at radius 1 is 1.17 bits per heavy atom. The van der Waals surface area contributed by atoms with Crippen LogP contribution in [0.1, 0.15) is 23.5 Å². The summed E-state index contributed by atoms with van der Waals surface area (Å²) in [6.07, 6.45) is 1.26. The van der Waals surface area contributed by atoms with E-state index in [9.17, 15) is 19.3 Å². The SMILES string of the molecule is C=C[C@@]1(c2ccccc2)C(=O)C[C@@H](c2ccccc2F)[C@H]1[N+](=O)[O-]. The smallest absolute Gasteiger partial charge is 0.240 e. The summed E-state index contributed by atoms with van der Waals surface area (Å²) >= 11 is 0. The zero-order valence-electron chi connectivity index (χ0n) is 12.9. The topological polar surface area (TPSA) is 60.2 Å². The van der Waals surface area contributed by atoms with Gasteiger partial charge in [-0.15, -0.1) is 6.58 Å². The maximum absolute atomic E-state index is 14.2. The van der Waals surface area contributed by atoms with Crippen LogP contribution in [0.15, 0.2) is 67.3 Å². The Morgan fingerprint density at radius 3 is 2.38 bits per heavy atom. The van der Waals surface area contributed by atoms with Crippen LogP contribution < -0.4 is 0 Å². The molecule has 3 rings (SSSR count). The first-order valence-electron chi connectivity index (χ1n) is 7.62. The van der Waals surface area contributed by atoms with E-state index in [0.717, 1.165) is 0 Å². The van der Waals surface area contributed by atoms with E-state index in [0.29, 0.717) is 5.56 Å². The summed E-state index contributed by atoms with van der Waals surface area (Å²) in [6, 6.07) is 13.2. The number of rotatable bonds is 4. The van der Waals surface area contributed by atoms with Crippen LogP contribution in [0.3, 0.4) is 0 Å². The zero-order valence-corrected chi connectivity index (χ0v) is 12.9. The first kappa shape index (κ1) is 16.1. The van der Waals surface area contributed by atoms with Gasteiger partial charge in [0.2, 0.25) is 6.04 Å². The van der Waals surface area contributed by atoms with Crippen molar-refractivity contribution in [3.63, 3.8) is 0 Å². The van der Waals surface area contributed by atoms with Crippen LogP contribution in [0.4, 0.5) is 4.39 Å². The molecule has 1 fully saturated rings. The van der Waals surface area contributed by atoms with Gasteiger partial charge < -0.3 is 0 Å². The number of nitro groups is 1. The summed E-state index contributed by atoms with van der Waals surface area (Å²) in [6.45, 7) is 3.71. The van der Waals surface area contributed by atoms with Gasteiger partial charge in [-0.3, -0.25) is 14.9 Å². The van der Waals surface area contributed by atoms with E-state index >= 15 is 0 Å². The van der Waals surface area contributed by atoms with Crippen molar-refractivity contribution >= 4 is 5.78 Å². The van der Waals surface area contributed by atoms with Gasteiger partial charge in [0.1, 0.15) is 11.2 Å². The largest absolute Gasteiger partial charge is 0.298 e. The Hall–Kier alpha value is -2.82. The van der Waals surface area contributed by atoms with Crippen molar-refractivity contribution in [3.05, 3.63) is 94.3 Å². The van der Waals surface area contributed by atoms with Gasteiger partial charge in [0, 0.05) is 11.3 Å². The van der Waals surface area contributed by atoms with E-state index in [-0.39, 0.29) is 17.8 Å². The zero-order chi connectivity index (χ0) is 17.3. The second-order valence-corrected chi connectivity index (χ2v) is 5.92. The summed E-state index contributed by atoms with van der Waals surface area (Å²) in [5.74, 6) is -1.67. The molecule has 0 radical (unpaired) electrons. The molecule has 0 N–H and O–H groups in total. The number of hydrogen-bond acceptors (Lipinski definition) is 3. The third-order valence-electron chi connectivity index (χ3n) is 4.82. The van der Waals surface area contributed by atoms with Crippen molar-refractivity contribution in [3.8, 4) is 0 Å². The standard InChI is InChI=1S/C19H16FNO3/c1-2-19(13-8-4-3-5-9-13)17(22)12-15(18(19)21(23)24)14-10-6-7-11-16(14)20/h2-11,15,18H,1,12H2/t15-,18+,19+/m0/s1. The molecule has 24 heavy (non-hydrogen) atoms. The molecule has 122 valence electrons. The monoisotopic (exact) mass is 325 g/mol. The van der Waals surface area contributed by atoms with E-state index in [1.807, 2.05) is 0 Å². The maximum Gasteiger partial charge on any atom is 0.240 e. The molecule has 0 saturated heterocycles. The molecule has 0 spiro atoms. The molecule has 1 aliphatic carbocycles. The van der Waals surface area contributed by atoms with Gasteiger partial charge in [0.25, 0.3) is 0 Å². The Bertz CT molecular complexity index is 805. The molecule has 0 aromatic heterocycles. The van der Waals surface area contributed by atoms with Gasteiger partial charge in [-0.05, 0) is 17.2 Å².